The highest BCUT2D eigenvalue weighted by Crippen LogP contribution is 2.64. The van der Waals surface area contributed by atoms with Crippen LogP contribution in [0.2, 0.25) is 0 Å². The van der Waals surface area contributed by atoms with Crippen LogP contribution in [0.1, 0.15) is 71.6 Å². The van der Waals surface area contributed by atoms with Gasteiger partial charge in [0.25, 0.3) is 10.1 Å². The van der Waals surface area contributed by atoms with Crippen molar-refractivity contribution in [1.29, 1.82) is 0 Å². The highest BCUT2D eigenvalue weighted by molar-refractivity contribution is 9.11. The number of carbonyl (C=O) groups excluding carboxylic acids is 2. The number of thiophene rings is 1. The van der Waals surface area contributed by atoms with Crippen molar-refractivity contribution < 1.29 is 35.7 Å². The largest absolute Gasteiger partial charge is 0.460 e. The van der Waals surface area contributed by atoms with Crippen molar-refractivity contribution in [2.24, 2.45) is 16.7 Å². The van der Waals surface area contributed by atoms with Gasteiger partial charge in [0.05, 0.1) is 27.1 Å². The molecule has 0 amide bonds. The Morgan fingerprint density at radius 3 is 2.37 bits per heavy atom. The van der Waals surface area contributed by atoms with Crippen LogP contribution in [0.15, 0.2) is 15.9 Å². The molecule has 0 aromatic carbocycles. The zero-order valence-corrected chi connectivity index (χ0v) is 26.5. The summed E-state index contributed by atoms with van der Waals surface area (Å²) in [5.41, 5.74) is -1.76. The average Bonchev–Trinajstić information content (AvgIpc) is 3.28. The molecule has 4 rings (SSSR count). The van der Waals surface area contributed by atoms with E-state index in [4.69, 9.17) is 9.29 Å². The minimum absolute atomic E-state index is 0.0152. The molecule has 1 aromatic heterocycles. The fraction of sp³-hybridized carbons (Fsp3) is 0.760. The molecule has 2 aliphatic carbocycles. The van der Waals surface area contributed by atoms with Crippen molar-refractivity contribution in [2.45, 2.75) is 77.1 Å². The van der Waals surface area contributed by atoms with Gasteiger partial charge in [-0.2, -0.15) is 8.42 Å². The van der Waals surface area contributed by atoms with E-state index in [2.05, 4.69) is 21.2 Å². The van der Waals surface area contributed by atoms with E-state index in [1.165, 1.54) is 11.3 Å². The zero-order chi connectivity index (χ0) is 28.8. The van der Waals surface area contributed by atoms with E-state index in [-0.39, 0.29) is 29.3 Å². The number of hydrogen-bond donors (Lipinski definition) is 2. The fourth-order valence-electron chi connectivity index (χ4n) is 6.12. The second kappa shape index (κ2) is 10.8. The van der Waals surface area contributed by atoms with Gasteiger partial charge in [-0.3, -0.25) is 14.1 Å². The lowest BCUT2D eigenvalue weighted by molar-refractivity contribution is -0.155. The van der Waals surface area contributed by atoms with Crippen molar-refractivity contribution in [3.8, 4) is 0 Å². The van der Waals surface area contributed by atoms with Gasteiger partial charge in [-0.1, -0.05) is 13.8 Å². The Morgan fingerprint density at radius 1 is 1.24 bits per heavy atom. The van der Waals surface area contributed by atoms with Crippen LogP contribution in [0.3, 0.4) is 0 Å². The first-order chi connectivity index (χ1) is 17.2. The first-order valence-electron chi connectivity index (χ1n) is 12.6. The van der Waals surface area contributed by atoms with Crippen LogP contribution in [0.25, 0.3) is 0 Å². The van der Waals surface area contributed by atoms with Gasteiger partial charge in [0.2, 0.25) is 0 Å². The molecule has 13 heteroatoms. The highest BCUT2D eigenvalue weighted by Gasteiger charge is 2.65. The summed E-state index contributed by atoms with van der Waals surface area (Å²) < 4.78 is 62.0. The third kappa shape index (κ3) is 6.38. The molecule has 3 fully saturated rings. The summed E-state index contributed by atoms with van der Waals surface area (Å²) in [5, 5.41) is 3.12. The van der Waals surface area contributed by atoms with Crippen LogP contribution in [-0.2, 0) is 39.0 Å². The molecule has 38 heavy (non-hydrogen) atoms. The van der Waals surface area contributed by atoms with E-state index in [9.17, 15) is 26.4 Å². The predicted octanol–water partition coefficient (Wildman–Crippen LogP) is 4.12. The number of esters is 1. The minimum atomic E-state index is -4.08. The van der Waals surface area contributed by atoms with Gasteiger partial charge in [0.1, 0.15) is 16.1 Å². The van der Waals surface area contributed by atoms with Crippen molar-refractivity contribution in [2.75, 3.05) is 24.6 Å². The molecule has 1 aliphatic heterocycles. The van der Waals surface area contributed by atoms with Gasteiger partial charge in [-0.25, -0.2) is 8.42 Å². The summed E-state index contributed by atoms with van der Waals surface area (Å²) in [5.74, 6) is -0.561. The van der Waals surface area contributed by atoms with E-state index >= 15 is 0 Å². The molecule has 1 aromatic rings. The summed E-state index contributed by atoms with van der Waals surface area (Å²) in [6.07, 6.45) is 2.18. The first kappa shape index (κ1) is 31.7. The number of sulfone groups is 1. The Kier molecular flexibility index (Phi) is 9.04. The number of Topliss-reactive ketones (excluding diaryl/α,β-unsaturated/α-hetero) is 1. The predicted molar refractivity (Wildman–Crippen MR) is 150 cm³/mol. The molecule has 216 valence electrons. The Balaban J connectivity index is 0.000000230. The molecule has 2 bridgehead atoms. The number of halogens is 1. The number of ether oxygens (including phenoxy) is 1. The Morgan fingerprint density at radius 2 is 1.89 bits per heavy atom. The molecule has 0 spiro atoms. The maximum Gasteiger partial charge on any atom is 0.308 e. The fourth-order valence-corrected chi connectivity index (χ4v) is 11.4. The quantitative estimate of drug-likeness (QED) is 0.354. The van der Waals surface area contributed by atoms with Crippen LogP contribution in [0.5, 0.6) is 0 Å². The molecule has 2 saturated carbocycles. The second-order valence-corrected chi connectivity index (χ2v) is 18.4. The summed E-state index contributed by atoms with van der Waals surface area (Å²) in [6.45, 7) is 10.2. The van der Waals surface area contributed by atoms with Crippen molar-refractivity contribution in [1.82, 2.24) is 5.32 Å². The molecule has 3 aliphatic rings. The summed E-state index contributed by atoms with van der Waals surface area (Å²) >= 11 is 4.75. The normalized spacial score (nSPS) is 30.3. The Labute approximate surface area is 238 Å². The van der Waals surface area contributed by atoms with Gasteiger partial charge in [0, 0.05) is 17.8 Å². The number of carbonyl (C=O) groups is 2. The van der Waals surface area contributed by atoms with Gasteiger partial charge in [-0.15, -0.1) is 11.3 Å². The van der Waals surface area contributed by atoms with Gasteiger partial charge in [0.15, 0.2) is 9.84 Å². The molecular weight excluding hydrogens is 618 g/mol. The lowest BCUT2D eigenvalue weighted by Gasteiger charge is -2.35. The SMILES string of the molecule is CC(C)(C)OC(=O)CC1(c2ccc(Br)s2)CCNCCS1(=O)=O.CC1(C)C2CC[C@]1(CS(=O)(=O)O)C(=O)C2. The molecule has 2 N–H and O–H groups in total. The molecular formula is C25H38BrNO8S3. The molecule has 0 radical (unpaired) electrons. The van der Waals surface area contributed by atoms with Crippen molar-refractivity contribution in [3.63, 3.8) is 0 Å². The van der Waals surface area contributed by atoms with Gasteiger partial charge in [-0.05, 0) is 86.0 Å². The van der Waals surface area contributed by atoms with Gasteiger partial charge >= 0.3 is 5.97 Å². The number of nitrogens with one attached hydrogen (secondary N) is 1. The van der Waals surface area contributed by atoms with E-state index in [1.807, 2.05) is 19.9 Å². The molecule has 2 heterocycles. The van der Waals surface area contributed by atoms with Crippen LogP contribution in [0, 0.1) is 16.7 Å². The average molecular weight is 657 g/mol. The summed E-state index contributed by atoms with van der Waals surface area (Å²) in [6, 6.07) is 3.62. The monoisotopic (exact) mass is 655 g/mol. The third-order valence-electron chi connectivity index (χ3n) is 8.29. The second-order valence-electron chi connectivity index (χ2n) is 12.1. The maximum absolute atomic E-state index is 13.0. The van der Waals surface area contributed by atoms with E-state index in [0.29, 0.717) is 37.2 Å². The summed E-state index contributed by atoms with van der Waals surface area (Å²) in [4.78, 5) is 25.0. The number of hydrogen-bond acceptors (Lipinski definition) is 9. The van der Waals surface area contributed by atoms with Gasteiger partial charge < -0.3 is 10.1 Å². The molecule has 2 unspecified atom stereocenters. The van der Waals surface area contributed by atoms with Crippen LogP contribution < -0.4 is 5.32 Å². The smallest absolute Gasteiger partial charge is 0.308 e. The Hall–Kier alpha value is -0.860. The first-order valence-corrected chi connectivity index (χ1v) is 17.5. The number of rotatable bonds is 5. The van der Waals surface area contributed by atoms with Crippen LogP contribution in [-0.4, -0.2) is 63.3 Å². The lowest BCUT2D eigenvalue weighted by Crippen LogP contribution is -2.42. The third-order valence-corrected chi connectivity index (χ3v) is 13.6. The summed E-state index contributed by atoms with van der Waals surface area (Å²) in [7, 11) is -7.56. The van der Waals surface area contributed by atoms with Crippen molar-refractivity contribution in [3.05, 3.63) is 20.8 Å². The lowest BCUT2D eigenvalue weighted by atomic mass is 9.70. The standard InChI is InChI=1S/C15H22BrNO4S2.C10H16O4S/c1-14(2,3)21-13(18)10-15(11-4-5-12(16)22-11)6-7-17-8-9-23(15,19)20;1-9(2)7-3-4-10(9,8(11)5-7)6-15(12,13)14/h4-5,17H,6-10H2,1-3H3;7H,3-6H2,1-2H3,(H,12,13,14)/t;7?,10-/m.0/s1. The highest BCUT2D eigenvalue weighted by atomic mass is 79.9. The van der Waals surface area contributed by atoms with E-state index in [1.54, 1.807) is 26.8 Å². The maximum atomic E-state index is 13.0. The van der Waals surface area contributed by atoms with Crippen LogP contribution in [0.4, 0.5) is 0 Å². The van der Waals surface area contributed by atoms with E-state index < -0.39 is 47.4 Å². The topological polar surface area (TPSA) is 144 Å². The molecule has 9 nitrogen and oxygen atoms in total. The van der Waals surface area contributed by atoms with Crippen molar-refractivity contribution >= 4 is 59.0 Å². The Bertz CT molecular complexity index is 1280. The number of ketones is 1. The molecule has 1 saturated heterocycles. The zero-order valence-electron chi connectivity index (χ0n) is 22.5. The number of fused-ring (bicyclic) bond motifs is 2. The van der Waals surface area contributed by atoms with E-state index in [0.717, 1.165) is 10.2 Å². The van der Waals surface area contributed by atoms with Crippen LogP contribution >= 0.6 is 27.3 Å². The minimum Gasteiger partial charge on any atom is -0.460 e. The molecule has 3 atom stereocenters.